The van der Waals surface area contributed by atoms with E-state index in [4.69, 9.17) is 28.3 Å². The molecule has 5 nitrogen and oxygen atoms in total. The van der Waals surface area contributed by atoms with Gasteiger partial charge in [-0.15, -0.1) is 0 Å². The van der Waals surface area contributed by atoms with Crippen molar-refractivity contribution in [1.29, 1.82) is 0 Å². The van der Waals surface area contributed by atoms with Gasteiger partial charge < -0.3 is 14.9 Å². The summed E-state index contributed by atoms with van der Waals surface area (Å²) in [5, 5.41) is 9.84. The molecule has 0 spiro atoms. The minimum Gasteiger partial charge on any atom is -0.465 e. The second-order valence-electron chi connectivity index (χ2n) is 8.72. The first kappa shape index (κ1) is 24.7. The third-order valence-corrected chi connectivity index (χ3v) is 7.34. The third kappa shape index (κ3) is 5.13. The Kier molecular flexibility index (Phi) is 7.01. The zero-order chi connectivity index (χ0) is 24.6. The molecule has 2 heterocycles. The number of carbonyl (C=O) groups is 2. The summed E-state index contributed by atoms with van der Waals surface area (Å²) in [5.41, 5.74) is 1.05. The van der Waals surface area contributed by atoms with Gasteiger partial charge in [0.25, 0.3) is 0 Å². The number of hydrogen-bond donors (Lipinski definition) is 1. The van der Waals surface area contributed by atoms with E-state index in [-0.39, 0.29) is 17.9 Å². The maximum Gasteiger partial charge on any atom is 0.416 e. The SMILES string of the molecule is O=C(O)N1CCC(N2CCC(Cc3c(Cl)cc(-c4ccc(C(F)(F)F)cc4)cc3Cl)C2=O)CC1. The van der Waals surface area contributed by atoms with Crippen molar-refractivity contribution >= 4 is 35.2 Å². The summed E-state index contributed by atoms with van der Waals surface area (Å²) in [6, 6.07) is 8.11. The second kappa shape index (κ2) is 9.66. The summed E-state index contributed by atoms with van der Waals surface area (Å²) < 4.78 is 38.5. The Morgan fingerprint density at radius 2 is 1.56 bits per heavy atom. The summed E-state index contributed by atoms with van der Waals surface area (Å²) >= 11 is 13.0. The van der Waals surface area contributed by atoms with E-state index in [0.29, 0.717) is 72.1 Å². The molecule has 1 N–H and O–H groups in total. The highest BCUT2D eigenvalue weighted by Crippen LogP contribution is 2.37. The molecule has 182 valence electrons. The lowest BCUT2D eigenvalue weighted by Crippen LogP contribution is -2.47. The van der Waals surface area contributed by atoms with E-state index in [1.807, 2.05) is 4.90 Å². The van der Waals surface area contributed by atoms with E-state index in [1.165, 1.54) is 17.0 Å². The quantitative estimate of drug-likeness (QED) is 0.527. The van der Waals surface area contributed by atoms with Crippen molar-refractivity contribution < 1.29 is 27.9 Å². The minimum atomic E-state index is -4.41. The van der Waals surface area contributed by atoms with Crippen molar-refractivity contribution in [2.75, 3.05) is 19.6 Å². The lowest BCUT2D eigenvalue weighted by Gasteiger charge is -2.35. The highest BCUT2D eigenvalue weighted by atomic mass is 35.5. The van der Waals surface area contributed by atoms with Gasteiger partial charge in [-0.25, -0.2) is 4.79 Å². The maximum absolute atomic E-state index is 13.1. The maximum atomic E-state index is 13.1. The lowest BCUT2D eigenvalue weighted by atomic mass is 9.95. The van der Waals surface area contributed by atoms with Gasteiger partial charge in [-0.05, 0) is 66.6 Å². The first-order valence-corrected chi connectivity index (χ1v) is 11.7. The van der Waals surface area contributed by atoms with Gasteiger partial charge in [-0.3, -0.25) is 4.79 Å². The largest absolute Gasteiger partial charge is 0.465 e. The summed E-state index contributed by atoms with van der Waals surface area (Å²) in [7, 11) is 0. The molecule has 0 radical (unpaired) electrons. The number of benzene rings is 2. The number of alkyl halides is 3. The van der Waals surface area contributed by atoms with Crippen LogP contribution in [0, 0.1) is 5.92 Å². The lowest BCUT2D eigenvalue weighted by molar-refractivity contribution is -0.137. The van der Waals surface area contributed by atoms with Crippen LogP contribution in [0.2, 0.25) is 10.0 Å². The van der Waals surface area contributed by atoms with E-state index in [1.54, 1.807) is 12.1 Å². The van der Waals surface area contributed by atoms with Crippen molar-refractivity contribution in [3.05, 3.63) is 57.6 Å². The van der Waals surface area contributed by atoms with Crippen LogP contribution in [-0.4, -0.2) is 52.6 Å². The summed E-state index contributed by atoms with van der Waals surface area (Å²) in [5.74, 6) is -0.253. The number of carboxylic acid groups (broad SMARTS) is 1. The molecule has 2 aromatic carbocycles. The zero-order valence-corrected chi connectivity index (χ0v) is 19.6. The Morgan fingerprint density at radius 1 is 0.971 bits per heavy atom. The van der Waals surface area contributed by atoms with Crippen molar-refractivity contribution in [2.45, 2.75) is 37.9 Å². The molecule has 1 atom stereocenters. The predicted molar refractivity (Wildman–Crippen MR) is 123 cm³/mol. The number of halogens is 5. The van der Waals surface area contributed by atoms with Crippen LogP contribution in [0.5, 0.6) is 0 Å². The van der Waals surface area contributed by atoms with Crippen LogP contribution in [0.4, 0.5) is 18.0 Å². The van der Waals surface area contributed by atoms with Crippen molar-refractivity contribution in [3.8, 4) is 11.1 Å². The summed E-state index contributed by atoms with van der Waals surface area (Å²) in [4.78, 5) is 27.4. The smallest absolute Gasteiger partial charge is 0.416 e. The van der Waals surface area contributed by atoms with Crippen molar-refractivity contribution in [3.63, 3.8) is 0 Å². The number of rotatable bonds is 4. The van der Waals surface area contributed by atoms with Crippen LogP contribution >= 0.6 is 23.2 Å². The molecule has 2 aromatic rings. The van der Waals surface area contributed by atoms with Gasteiger partial charge in [0.05, 0.1) is 5.56 Å². The fraction of sp³-hybridized carbons (Fsp3) is 0.417. The van der Waals surface area contributed by atoms with Crippen LogP contribution in [0.25, 0.3) is 11.1 Å². The molecule has 2 aliphatic heterocycles. The average Bonchev–Trinajstić information content (AvgIpc) is 3.15. The Labute approximate surface area is 205 Å². The van der Waals surface area contributed by atoms with Crippen LogP contribution in [0.15, 0.2) is 36.4 Å². The van der Waals surface area contributed by atoms with E-state index in [0.717, 1.165) is 12.1 Å². The molecular weight excluding hydrogens is 492 g/mol. The number of amides is 2. The Balaban J connectivity index is 1.44. The van der Waals surface area contributed by atoms with Gasteiger partial charge in [-0.1, -0.05) is 35.3 Å². The van der Waals surface area contributed by atoms with E-state index >= 15 is 0 Å². The van der Waals surface area contributed by atoms with Gasteiger partial charge in [0.1, 0.15) is 0 Å². The van der Waals surface area contributed by atoms with Crippen LogP contribution in [0.1, 0.15) is 30.4 Å². The highest BCUT2D eigenvalue weighted by Gasteiger charge is 2.38. The Morgan fingerprint density at radius 3 is 2.09 bits per heavy atom. The second-order valence-corrected chi connectivity index (χ2v) is 9.53. The molecule has 0 bridgehead atoms. The number of hydrogen-bond acceptors (Lipinski definition) is 2. The molecule has 2 fully saturated rings. The van der Waals surface area contributed by atoms with Crippen LogP contribution in [-0.2, 0) is 17.4 Å². The Bertz CT molecular complexity index is 1060. The monoisotopic (exact) mass is 514 g/mol. The van der Waals surface area contributed by atoms with Crippen LogP contribution < -0.4 is 0 Å². The van der Waals surface area contributed by atoms with Gasteiger partial charge in [0.15, 0.2) is 0 Å². The normalized spacial score (nSPS) is 19.7. The Hall–Kier alpha value is -2.45. The standard InChI is InChI=1S/C24H23Cl2F3N2O3/c25-20-12-16(14-1-3-17(4-2-14)24(27,28)29)13-21(26)19(20)11-15-5-10-31(22(15)32)18-6-8-30(9-7-18)23(33)34/h1-4,12-13,15,18H,5-11H2,(H,33,34). The van der Waals surface area contributed by atoms with E-state index in [9.17, 15) is 22.8 Å². The highest BCUT2D eigenvalue weighted by molar-refractivity contribution is 6.36. The summed E-state index contributed by atoms with van der Waals surface area (Å²) in [6.45, 7) is 1.44. The first-order chi connectivity index (χ1) is 16.0. The fourth-order valence-corrected chi connectivity index (χ4v) is 5.39. The predicted octanol–water partition coefficient (Wildman–Crippen LogP) is 6.21. The van der Waals surface area contributed by atoms with E-state index < -0.39 is 17.8 Å². The molecule has 0 aromatic heterocycles. The molecule has 34 heavy (non-hydrogen) atoms. The molecule has 2 amide bonds. The number of nitrogens with zero attached hydrogens (tertiary/aromatic N) is 2. The first-order valence-electron chi connectivity index (χ1n) is 11.0. The number of likely N-dealkylation sites (tertiary alicyclic amines) is 2. The van der Waals surface area contributed by atoms with Crippen LogP contribution in [0.3, 0.4) is 0 Å². The molecule has 0 aliphatic carbocycles. The third-order valence-electron chi connectivity index (χ3n) is 6.66. The molecule has 4 rings (SSSR count). The van der Waals surface area contributed by atoms with Crippen molar-refractivity contribution in [2.24, 2.45) is 5.92 Å². The number of piperidine rings is 1. The molecule has 2 aliphatic rings. The van der Waals surface area contributed by atoms with Crippen molar-refractivity contribution in [1.82, 2.24) is 9.80 Å². The molecular formula is C24H23Cl2F3N2O3. The van der Waals surface area contributed by atoms with Gasteiger partial charge in [0.2, 0.25) is 5.91 Å². The zero-order valence-electron chi connectivity index (χ0n) is 18.1. The van der Waals surface area contributed by atoms with Gasteiger partial charge in [-0.2, -0.15) is 13.2 Å². The number of carbonyl (C=O) groups excluding carboxylic acids is 1. The van der Waals surface area contributed by atoms with Gasteiger partial charge >= 0.3 is 12.3 Å². The molecule has 1 unspecified atom stereocenters. The minimum absolute atomic E-state index is 0.0210. The fourth-order valence-electron chi connectivity index (χ4n) is 4.75. The molecule has 2 saturated heterocycles. The molecule has 0 saturated carbocycles. The molecule has 10 heteroatoms. The summed E-state index contributed by atoms with van der Waals surface area (Å²) in [6.07, 6.45) is -3.08. The van der Waals surface area contributed by atoms with E-state index in [2.05, 4.69) is 0 Å². The average molecular weight is 515 g/mol. The van der Waals surface area contributed by atoms with Gasteiger partial charge in [0, 0.05) is 41.6 Å². The topological polar surface area (TPSA) is 60.9 Å².